The molecular weight excluding hydrogens is 501 g/mol. The van der Waals surface area contributed by atoms with E-state index in [0.29, 0.717) is 28.3 Å². The summed E-state index contributed by atoms with van der Waals surface area (Å²) in [5, 5.41) is 6.72. The largest absolute Gasteiger partial charge is 0.495 e. The van der Waals surface area contributed by atoms with Crippen LogP contribution in [0.25, 0.3) is 0 Å². The van der Waals surface area contributed by atoms with E-state index in [4.69, 9.17) is 25.6 Å². The molecule has 0 unspecified atom stereocenters. The number of benzene rings is 2. The number of hydrogen-bond acceptors (Lipinski definition) is 7. The molecule has 0 spiro atoms. The fourth-order valence-corrected chi connectivity index (χ4v) is 5.28. The molecule has 2 aromatic carbocycles. The van der Waals surface area contributed by atoms with Gasteiger partial charge in [0.15, 0.2) is 5.84 Å². The molecule has 192 valence electrons. The third-order valence-electron chi connectivity index (χ3n) is 6.56. The standard InChI is InChI=1S/C25H31BClN3O5S/c1-16(2)15-30(28-14-17-8-10-20(27)21(12-17)33-7)23-19-13-18(9-11-22(19)36(31,32)29-23)26-34-24(3,4)25(5,6)35-26/h8-14,16H,15H2,1-7H3/b28-14+. The molecule has 4 rings (SSSR count). The molecule has 2 aliphatic rings. The smallest absolute Gasteiger partial charge is 0.494 e. The van der Waals surface area contributed by atoms with E-state index in [1.54, 1.807) is 54.7 Å². The van der Waals surface area contributed by atoms with Crippen LogP contribution in [0.1, 0.15) is 52.7 Å². The minimum atomic E-state index is -3.87. The maximum atomic E-state index is 12.9. The second-order valence-electron chi connectivity index (χ2n) is 10.3. The topological polar surface area (TPSA) is 89.8 Å². The highest BCUT2D eigenvalue weighted by atomic mass is 35.5. The van der Waals surface area contributed by atoms with E-state index >= 15 is 0 Å². The lowest BCUT2D eigenvalue weighted by molar-refractivity contribution is 0.00578. The maximum Gasteiger partial charge on any atom is 0.494 e. The first-order chi connectivity index (χ1) is 16.7. The molecule has 0 radical (unpaired) electrons. The summed E-state index contributed by atoms with van der Waals surface area (Å²) in [4.78, 5) is 0.134. The summed E-state index contributed by atoms with van der Waals surface area (Å²) in [5.74, 6) is 0.964. The van der Waals surface area contributed by atoms with Gasteiger partial charge in [-0.25, -0.2) is 5.01 Å². The van der Waals surface area contributed by atoms with Crippen molar-refractivity contribution in [1.82, 2.24) is 5.01 Å². The zero-order chi connectivity index (χ0) is 26.5. The Hall–Kier alpha value is -2.40. The second kappa shape index (κ2) is 9.48. The number of rotatable bonds is 6. The van der Waals surface area contributed by atoms with Gasteiger partial charge in [0.25, 0.3) is 10.0 Å². The second-order valence-corrected chi connectivity index (χ2v) is 12.3. The fraction of sp³-hybridized carbons (Fsp3) is 0.440. The number of methoxy groups -OCH3 is 1. The van der Waals surface area contributed by atoms with Crippen LogP contribution >= 0.6 is 11.6 Å². The van der Waals surface area contributed by atoms with Crippen molar-refractivity contribution in [3.63, 3.8) is 0 Å². The van der Waals surface area contributed by atoms with Crippen LogP contribution in [0.3, 0.4) is 0 Å². The van der Waals surface area contributed by atoms with Crippen molar-refractivity contribution < 1.29 is 22.5 Å². The Bertz CT molecular complexity index is 1330. The number of amidine groups is 1. The van der Waals surface area contributed by atoms with Crippen LogP contribution in [-0.4, -0.2) is 57.5 Å². The van der Waals surface area contributed by atoms with Crippen molar-refractivity contribution in [2.45, 2.75) is 57.6 Å². The number of sulfonamides is 1. The molecule has 11 heteroatoms. The third kappa shape index (κ3) is 5.04. The van der Waals surface area contributed by atoms with Gasteiger partial charge in [-0.15, -0.1) is 4.40 Å². The van der Waals surface area contributed by atoms with Crippen LogP contribution < -0.4 is 10.2 Å². The van der Waals surface area contributed by atoms with Crippen molar-refractivity contribution in [2.24, 2.45) is 15.4 Å². The Labute approximate surface area is 218 Å². The van der Waals surface area contributed by atoms with E-state index in [1.165, 1.54) is 0 Å². The fourth-order valence-electron chi connectivity index (χ4n) is 3.90. The van der Waals surface area contributed by atoms with E-state index in [0.717, 1.165) is 5.56 Å². The van der Waals surface area contributed by atoms with Crippen LogP contribution in [-0.2, 0) is 19.3 Å². The molecule has 1 saturated heterocycles. The lowest BCUT2D eigenvalue weighted by Crippen LogP contribution is -2.41. The van der Waals surface area contributed by atoms with Gasteiger partial charge in [-0.3, -0.25) is 0 Å². The summed E-state index contributed by atoms with van der Waals surface area (Å²) in [5.41, 5.74) is 0.889. The molecule has 2 aromatic rings. The number of nitrogens with zero attached hydrogens (tertiary/aromatic N) is 3. The Morgan fingerprint density at radius 2 is 1.81 bits per heavy atom. The number of hydrogen-bond donors (Lipinski definition) is 0. The molecule has 0 saturated carbocycles. The predicted molar refractivity (Wildman–Crippen MR) is 143 cm³/mol. The summed E-state index contributed by atoms with van der Waals surface area (Å²) in [6.07, 6.45) is 1.63. The van der Waals surface area contributed by atoms with Crippen molar-refractivity contribution in [3.8, 4) is 5.75 Å². The summed E-state index contributed by atoms with van der Waals surface area (Å²) in [6, 6.07) is 10.3. The van der Waals surface area contributed by atoms with E-state index in [2.05, 4.69) is 9.50 Å². The van der Waals surface area contributed by atoms with Crippen LogP contribution in [0.15, 0.2) is 50.8 Å². The predicted octanol–water partition coefficient (Wildman–Crippen LogP) is 4.09. The van der Waals surface area contributed by atoms with Gasteiger partial charge < -0.3 is 14.0 Å². The molecule has 8 nitrogen and oxygen atoms in total. The highest BCUT2D eigenvalue weighted by Gasteiger charge is 2.52. The SMILES string of the molecule is COc1cc(/C=N/N(CC(C)C)C2=NS(=O)(=O)c3ccc(B4OC(C)(C)C(C)(C)O4)cc32)ccc1Cl. The minimum absolute atomic E-state index is 0.134. The van der Waals surface area contributed by atoms with Crippen molar-refractivity contribution in [1.29, 1.82) is 0 Å². The van der Waals surface area contributed by atoms with Crippen LogP contribution in [0, 0.1) is 5.92 Å². The molecular formula is C25H31BClN3O5S. The van der Waals surface area contributed by atoms with E-state index in [-0.39, 0.29) is 16.6 Å². The summed E-state index contributed by atoms with van der Waals surface area (Å²) < 4.78 is 47.6. The van der Waals surface area contributed by atoms with Crippen LogP contribution in [0.2, 0.25) is 5.02 Å². The van der Waals surface area contributed by atoms with Gasteiger partial charge >= 0.3 is 7.12 Å². The van der Waals surface area contributed by atoms with E-state index in [1.807, 2.05) is 41.5 Å². The van der Waals surface area contributed by atoms with Crippen molar-refractivity contribution >= 4 is 46.3 Å². The minimum Gasteiger partial charge on any atom is -0.495 e. The summed E-state index contributed by atoms with van der Waals surface area (Å²) in [6.45, 7) is 12.4. The van der Waals surface area contributed by atoms with E-state index < -0.39 is 28.3 Å². The molecule has 0 N–H and O–H groups in total. The lowest BCUT2D eigenvalue weighted by atomic mass is 9.78. The first kappa shape index (κ1) is 26.7. The molecule has 2 aliphatic heterocycles. The first-order valence-electron chi connectivity index (χ1n) is 11.7. The van der Waals surface area contributed by atoms with Crippen LogP contribution in [0.4, 0.5) is 0 Å². The molecule has 36 heavy (non-hydrogen) atoms. The highest BCUT2D eigenvalue weighted by Crippen LogP contribution is 2.37. The molecule has 1 fully saturated rings. The number of hydrazone groups is 1. The number of halogens is 1. The van der Waals surface area contributed by atoms with Gasteiger partial charge in [-0.1, -0.05) is 43.6 Å². The molecule has 0 aromatic heterocycles. The molecule has 0 bridgehead atoms. The van der Waals surface area contributed by atoms with Gasteiger partial charge in [-0.2, -0.15) is 13.5 Å². The summed E-state index contributed by atoms with van der Waals surface area (Å²) in [7, 11) is -2.96. The number of fused-ring (bicyclic) bond motifs is 1. The van der Waals surface area contributed by atoms with Crippen molar-refractivity contribution in [3.05, 3.63) is 52.5 Å². The average Bonchev–Trinajstić information content (AvgIpc) is 3.19. The van der Waals surface area contributed by atoms with Crippen LogP contribution in [0.5, 0.6) is 5.75 Å². The Balaban J connectivity index is 1.72. The highest BCUT2D eigenvalue weighted by molar-refractivity contribution is 7.90. The third-order valence-corrected chi connectivity index (χ3v) is 8.20. The molecule has 0 atom stereocenters. The monoisotopic (exact) mass is 531 g/mol. The zero-order valence-corrected chi connectivity index (χ0v) is 23.1. The van der Waals surface area contributed by atoms with Crippen molar-refractivity contribution in [2.75, 3.05) is 13.7 Å². The first-order valence-corrected chi connectivity index (χ1v) is 13.6. The molecule has 0 amide bonds. The van der Waals surface area contributed by atoms with Gasteiger partial charge in [0.2, 0.25) is 0 Å². The maximum absolute atomic E-state index is 12.9. The normalized spacial score (nSPS) is 19.6. The molecule has 2 heterocycles. The van der Waals surface area contributed by atoms with Gasteiger partial charge in [0.1, 0.15) is 10.6 Å². The quantitative estimate of drug-likeness (QED) is 0.317. The molecule has 0 aliphatic carbocycles. The van der Waals surface area contributed by atoms with Gasteiger partial charge in [0, 0.05) is 12.1 Å². The average molecular weight is 532 g/mol. The Kier molecular flexibility index (Phi) is 7.02. The van der Waals surface area contributed by atoms with Gasteiger partial charge in [0.05, 0.1) is 29.5 Å². The van der Waals surface area contributed by atoms with Gasteiger partial charge in [-0.05, 0) is 62.8 Å². The lowest BCUT2D eigenvalue weighted by Gasteiger charge is -2.32. The Morgan fingerprint density at radius 1 is 1.14 bits per heavy atom. The Morgan fingerprint density at radius 3 is 2.42 bits per heavy atom. The zero-order valence-electron chi connectivity index (χ0n) is 21.6. The summed E-state index contributed by atoms with van der Waals surface area (Å²) >= 11 is 6.14. The number of ether oxygens (including phenoxy) is 1. The van der Waals surface area contributed by atoms with E-state index in [9.17, 15) is 8.42 Å².